The Bertz CT molecular complexity index is 465. The summed E-state index contributed by atoms with van der Waals surface area (Å²) < 4.78 is 11.7. The lowest BCUT2D eigenvalue weighted by molar-refractivity contribution is -0.137. The van der Waals surface area contributed by atoms with Crippen molar-refractivity contribution >= 4 is 21.9 Å². The summed E-state index contributed by atoms with van der Waals surface area (Å²) in [7, 11) is 1.54. The van der Waals surface area contributed by atoms with Crippen LogP contribution in [0.5, 0.6) is 11.5 Å². The third-order valence-corrected chi connectivity index (χ3v) is 3.41. The number of benzene rings is 1. The van der Waals surface area contributed by atoms with Crippen LogP contribution in [0.3, 0.4) is 0 Å². The van der Waals surface area contributed by atoms with Gasteiger partial charge >= 0.3 is 5.97 Å². The maximum Gasteiger partial charge on any atom is 0.305 e. The van der Waals surface area contributed by atoms with Gasteiger partial charge in [-0.25, -0.2) is 0 Å². The summed E-state index contributed by atoms with van der Waals surface area (Å²) >= 11 is 3.42. The van der Waals surface area contributed by atoms with Gasteiger partial charge in [0.05, 0.1) is 24.6 Å². The molecule has 1 aromatic carbocycles. The van der Waals surface area contributed by atoms with Gasteiger partial charge in [-0.15, -0.1) is 0 Å². The van der Waals surface area contributed by atoms with E-state index in [0.717, 1.165) is 12.8 Å². The van der Waals surface area contributed by atoms with Gasteiger partial charge in [-0.1, -0.05) is 13.3 Å². The number of carboxylic acids is 1. The van der Waals surface area contributed by atoms with Gasteiger partial charge in [0.2, 0.25) is 0 Å². The number of hydrogen-bond donors (Lipinski definition) is 2. The average molecular weight is 346 g/mol. The number of carboxylic acid groups (broad SMARTS) is 1. The van der Waals surface area contributed by atoms with Crippen LogP contribution in [0, 0.1) is 0 Å². The predicted octanol–water partition coefficient (Wildman–Crippen LogP) is 3.11. The summed E-state index contributed by atoms with van der Waals surface area (Å²) in [4.78, 5) is 10.7. The standard InChI is InChI=1S/C14H20BrNO4/c1-3-4-5-20-14-10(15)6-9(7-12(14)19-2)11(16)8-13(17)18/h6-7,11H,3-5,8,16H2,1-2H3,(H,17,18). The highest BCUT2D eigenvalue weighted by molar-refractivity contribution is 9.10. The Morgan fingerprint density at radius 1 is 1.50 bits per heavy atom. The van der Waals surface area contributed by atoms with Gasteiger partial charge in [0.1, 0.15) is 0 Å². The highest BCUT2D eigenvalue weighted by Crippen LogP contribution is 2.38. The zero-order chi connectivity index (χ0) is 15.1. The fraction of sp³-hybridized carbons (Fsp3) is 0.500. The van der Waals surface area contributed by atoms with E-state index in [1.807, 2.05) is 0 Å². The van der Waals surface area contributed by atoms with Crippen molar-refractivity contribution in [3.8, 4) is 11.5 Å². The van der Waals surface area contributed by atoms with Crippen molar-refractivity contribution in [2.24, 2.45) is 5.73 Å². The summed E-state index contributed by atoms with van der Waals surface area (Å²) in [6, 6.07) is 2.92. The molecule has 0 radical (unpaired) electrons. The molecule has 6 heteroatoms. The number of halogens is 1. The van der Waals surface area contributed by atoms with E-state index >= 15 is 0 Å². The molecule has 1 unspecified atom stereocenters. The van der Waals surface area contributed by atoms with Crippen LogP contribution in [0.2, 0.25) is 0 Å². The van der Waals surface area contributed by atoms with Crippen molar-refractivity contribution in [1.29, 1.82) is 0 Å². The molecule has 112 valence electrons. The Morgan fingerprint density at radius 3 is 2.75 bits per heavy atom. The molecule has 0 aliphatic heterocycles. The van der Waals surface area contributed by atoms with Crippen LogP contribution >= 0.6 is 15.9 Å². The summed E-state index contributed by atoms with van der Waals surface area (Å²) in [6.45, 7) is 2.69. The highest BCUT2D eigenvalue weighted by atomic mass is 79.9. The van der Waals surface area contributed by atoms with Crippen LogP contribution in [-0.4, -0.2) is 24.8 Å². The smallest absolute Gasteiger partial charge is 0.305 e. The molecule has 0 heterocycles. The maximum atomic E-state index is 10.7. The van der Waals surface area contributed by atoms with Crippen molar-refractivity contribution in [2.75, 3.05) is 13.7 Å². The Labute approximate surface area is 127 Å². The first-order valence-electron chi connectivity index (χ1n) is 6.47. The second-order valence-electron chi connectivity index (χ2n) is 4.44. The third kappa shape index (κ3) is 4.68. The summed E-state index contributed by atoms with van der Waals surface area (Å²) in [5.74, 6) is 0.231. The highest BCUT2D eigenvalue weighted by Gasteiger charge is 2.17. The summed E-state index contributed by atoms with van der Waals surface area (Å²) in [5.41, 5.74) is 6.56. The Morgan fingerprint density at radius 2 is 2.20 bits per heavy atom. The molecular weight excluding hydrogens is 326 g/mol. The van der Waals surface area contributed by atoms with Crippen molar-refractivity contribution in [2.45, 2.75) is 32.2 Å². The van der Waals surface area contributed by atoms with Crippen LogP contribution in [-0.2, 0) is 4.79 Å². The van der Waals surface area contributed by atoms with E-state index < -0.39 is 12.0 Å². The molecule has 5 nitrogen and oxygen atoms in total. The second-order valence-corrected chi connectivity index (χ2v) is 5.29. The van der Waals surface area contributed by atoms with Gasteiger partial charge in [-0.2, -0.15) is 0 Å². The van der Waals surface area contributed by atoms with E-state index in [0.29, 0.717) is 28.1 Å². The van der Waals surface area contributed by atoms with Crippen molar-refractivity contribution in [3.63, 3.8) is 0 Å². The molecular formula is C14H20BrNO4. The van der Waals surface area contributed by atoms with Crippen LogP contribution in [0.15, 0.2) is 16.6 Å². The first-order chi connectivity index (χ1) is 9.49. The van der Waals surface area contributed by atoms with Crippen molar-refractivity contribution in [3.05, 3.63) is 22.2 Å². The normalized spacial score (nSPS) is 12.0. The molecule has 3 N–H and O–H groups in total. The zero-order valence-electron chi connectivity index (χ0n) is 11.7. The first-order valence-corrected chi connectivity index (χ1v) is 7.26. The largest absolute Gasteiger partial charge is 0.493 e. The monoisotopic (exact) mass is 345 g/mol. The minimum Gasteiger partial charge on any atom is -0.493 e. The fourth-order valence-electron chi connectivity index (χ4n) is 1.72. The Balaban J connectivity index is 2.97. The average Bonchev–Trinajstić information content (AvgIpc) is 2.39. The van der Waals surface area contributed by atoms with Gasteiger partial charge in [-0.05, 0) is 40.0 Å². The molecule has 20 heavy (non-hydrogen) atoms. The molecule has 0 aliphatic carbocycles. The quantitative estimate of drug-likeness (QED) is 0.707. The molecule has 1 atom stereocenters. The maximum absolute atomic E-state index is 10.7. The summed E-state index contributed by atoms with van der Waals surface area (Å²) in [5, 5.41) is 8.79. The number of hydrogen-bond acceptors (Lipinski definition) is 4. The van der Waals surface area contributed by atoms with Crippen LogP contribution in [0.25, 0.3) is 0 Å². The Kier molecular flexibility index (Phi) is 6.81. The topological polar surface area (TPSA) is 81.8 Å². The van der Waals surface area contributed by atoms with Gasteiger partial charge < -0.3 is 20.3 Å². The number of rotatable bonds is 8. The van der Waals surface area contributed by atoms with E-state index in [-0.39, 0.29) is 6.42 Å². The van der Waals surface area contributed by atoms with Gasteiger partial charge in [0, 0.05) is 6.04 Å². The van der Waals surface area contributed by atoms with E-state index in [1.165, 1.54) is 0 Å². The molecule has 0 saturated carbocycles. The van der Waals surface area contributed by atoms with Crippen molar-refractivity contribution < 1.29 is 19.4 Å². The summed E-state index contributed by atoms with van der Waals surface area (Å²) in [6.07, 6.45) is 1.86. The lowest BCUT2D eigenvalue weighted by Crippen LogP contribution is -2.15. The van der Waals surface area contributed by atoms with Gasteiger partial charge in [0.15, 0.2) is 11.5 Å². The predicted molar refractivity (Wildman–Crippen MR) is 80.3 cm³/mol. The van der Waals surface area contributed by atoms with Crippen molar-refractivity contribution in [1.82, 2.24) is 0 Å². The van der Waals surface area contributed by atoms with E-state index in [4.69, 9.17) is 20.3 Å². The van der Waals surface area contributed by atoms with E-state index in [1.54, 1.807) is 19.2 Å². The van der Waals surface area contributed by atoms with Crippen LogP contribution in [0.4, 0.5) is 0 Å². The van der Waals surface area contributed by atoms with Gasteiger partial charge in [0.25, 0.3) is 0 Å². The number of ether oxygens (including phenoxy) is 2. The first kappa shape index (κ1) is 16.8. The molecule has 0 aromatic heterocycles. The minimum atomic E-state index is -0.934. The van der Waals surface area contributed by atoms with Crippen LogP contribution < -0.4 is 15.2 Å². The fourth-order valence-corrected chi connectivity index (χ4v) is 2.29. The second kappa shape index (κ2) is 8.11. The van der Waals surface area contributed by atoms with Crippen LogP contribution in [0.1, 0.15) is 37.8 Å². The number of aliphatic carboxylic acids is 1. The lowest BCUT2D eigenvalue weighted by atomic mass is 10.0. The zero-order valence-corrected chi connectivity index (χ0v) is 13.3. The van der Waals surface area contributed by atoms with E-state index in [2.05, 4.69) is 22.9 Å². The SMILES string of the molecule is CCCCOc1c(Br)cc(C(N)CC(=O)O)cc1OC. The number of carbonyl (C=O) groups is 1. The van der Waals surface area contributed by atoms with Gasteiger partial charge in [-0.3, -0.25) is 4.79 Å². The number of methoxy groups -OCH3 is 1. The molecule has 1 rings (SSSR count). The molecule has 1 aromatic rings. The van der Waals surface area contributed by atoms with E-state index in [9.17, 15) is 4.79 Å². The molecule has 0 fully saturated rings. The minimum absolute atomic E-state index is 0.133. The molecule has 0 aliphatic rings. The Hall–Kier alpha value is -1.27. The third-order valence-electron chi connectivity index (χ3n) is 2.82. The molecule has 0 spiro atoms. The molecule has 0 amide bonds. The molecule has 0 bridgehead atoms. The number of nitrogens with two attached hydrogens (primary N) is 1. The molecule has 0 saturated heterocycles. The number of unbranched alkanes of at least 4 members (excludes halogenated alkanes) is 1. The lowest BCUT2D eigenvalue weighted by Gasteiger charge is -2.16.